The van der Waals surface area contributed by atoms with Crippen LogP contribution in [0, 0.1) is 5.82 Å². The van der Waals surface area contributed by atoms with E-state index in [0.29, 0.717) is 23.8 Å². The third kappa shape index (κ3) is 2.04. The maximum Gasteiger partial charge on any atom is 0.165 e. The molecule has 3 heteroatoms. The predicted molar refractivity (Wildman–Crippen MR) is 64.9 cm³/mol. The van der Waals surface area contributed by atoms with Gasteiger partial charge in [-0.1, -0.05) is 6.07 Å². The zero-order valence-corrected chi connectivity index (χ0v) is 10.1. The van der Waals surface area contributed by atoms with E-state index < -0.39 is 0 Å². The number of benzene rings is 1. The topological polar surface area (TPSA) is 21.3 Å². The van der Waals surface area contributed by atoms with Gasteiger partial charge in [0.1, 0.15) is 0 Å². The molecule has 1 aromatic carbocycles. The van der Waals surface area contributed by atoms with Gasteiger partial charge >= 0.3 is 0 Å². The lowest BCUT2D eigenvalue weighted by Gasteiger charge is -2.29. The molecule has 2 aliphatic heterocycles. The second kappa shape index (κ2) is 4.30. The molecule has 0 spiro atoms. The Hall–Kier alpha value is -1.09. The molecule has 2 bridgehead atoms. The highest BCUT2D eigenvalue weighted by Gasteiger charge is 2.34. The zero-order chi connectivity index (χ0) is 11.8. The van der Waals surface area contributed by atoms with Gasteiger partial charge in [-0.25, -0.2) is 4.39 Å². The number of ether oxygens (including phenoxy) is 1. The number of halogens is 1. The van der Waals surface area contributed by atoms with Gasteiger partial charge in [0.15, 0.2) is 11.6 Å². The summed E-state index contributed by atoms with van der Waals surface area (Å²) >= 11 is 0. The molecule has 17 heavy (non-hydrogen) atoms. The van der Waals surface area contributed by atoms with Crippen molar-refractivity contribution in [1.82, 2.24) is 5.32 Å². The second-order valence-electron chi connectivity index (χ2n) is 5.20. The van der Waals surface area contributed by atoms with Crippen molar-refractivity contribution in [3.8, 4) is 5.75 Å². The van der Waals surface area contributed by atoms with E-state index in [1.807, 2.05) is 6.07 Å². The van der Waals surface area contributed by atoms with Crippen molar-refractivity contribution in [2.45, 2.75) is 43.7 Å². The highest BCUT2D eigenvalue weighted by Crippen LogP contribution is 2.38. The Morgan fingerprint density at radius 1 is 1.24 bits per heavy atom. The lowest BCUT2D eigenvalue weighted by Crippen LogP contribution is -2.37. The fourth-order valence-electron chi connectivity index (χ4n) is 3.27. The Kier molecular flexibility index (Phi) is 2.79. The van der Waals surface area contributed by atoms with E-state index in [2.05, 4.69) is 5.32 Å². The monoisotopic (exact) mass is 235 g/mol. The molecule has 2 heterocycles. The largest absolute Gasteiger partial charge is 0.494 e. The fourth-order valence-corrected chi connectivity index (χ4v) is 3.27. The Balaban J connectivity index is 1.82. The molecule has 0 aromatic heterocycles. The summed E-state index contributed by atoms with van der Waals surface area (Å²) in [6.07, 6.45) is 4.84. The maximum atomic E-state index is 13.7. The van der Waals surface area contributed by atoms with Crippen LogP contribution in [-0.2, 0) is 0 Å². The minimum Gasteiger partial charge on any atom is -0.494 e. The Labute approximate surface area is 101 Å². The normalized spacial score (nSPS) is 31.5. The van der Waals surface area contributed by atoms with Crippen molar-refractivity contribution < 1.29 is 9.13 Å². The molecule has 3 rings (SSSR count). The van der Waals surface area contributed by atoms with Gasteiger partial charge in [-0.15, -0.1) is 0 Å². The smallest absolute Gasteiger partial charge is 0.165 e. The van der Waals surface area contributed by atoms with Crippen molar-refractivity contribution in [3.63, 3.8) is 0 Å². The Bertz CT molecular complexity index is 409. The molecule has 0 saturated carbocycles. The van der Waals surface area contributed by atoms with Crippen LogP contribution in [0.4, 0.5) is 4.39 Å². The summed E-state index contributed by atoms with van der Waals surface area (Å²) in [5.74, 6) is 0.607. The van der Waals surface area contributed by atoms with Gasteiger partial charge in [-0.3, -0.25) is 0 Å². The van der Waals surface area contributed by atoms with E-state index in [4.69, 9.17) is 4.74 Å². The minimum absolute atomic E-state index is 0.240. The third-order valence-corrected chi connectivity index (χ3v) is 4.12. The Morgan fingerprint density at radius 3 is 2.53 bits per heavy atom. The van der Waals surface area contributed by atoms with Crippen LogP contribution in [0.25, 0.3) is 0 Å². The molecule has 1 aromatic rings. The van der Waals surface area contributed by atoms with E-state index in [-0.39, 0.29) is 5.82 Å². The van der Waals surface area contributed by atoms with Crippen LogP contribution >= 0.6 is 0 Å². The number of hydrogen-bond donors (Lipinski definition) is 1. The molecule has 2 aliphatic rings. The van der Waals surface area contributed by atoms with Gasteiger partial charge in [0.05, 0.1) is 7.11 Å². The van der Waals surface area contributed by atoms with E-state index in [1.165, 1.54) is 20.0 Å². The van der Waals surface area contributed by atoms with Gasteiger partial charge in [-0.05, 0) is 49.3 Å². The first-order chi connectivity index (χ1) is 8.26. The average Bonchev–Trinajstić information content (AvgIpc) is 2.68. The van der Waals surface area contributed by atoms with Crippen LogP contribution in [0.5, 0.6) is 5.75 Å². The van der Waals surface area contributed by atoms with E-state index >= 15 is 0 Å². The summed E-state index contributed by atoms with van der Waals surface area (Å²) in [7, 11) is 1.50. The van der Waals surface area contributed by atoms with Crippen LogP contribution in [0.1, 0.15) is 37.2 Å². The molecule has 0 aliphatic carbocycles. The summed E-state index contributed by atoms with van der Waals surface area (Å²) in [5.41, 5.74) is 1.13. The summed E-state index contributed by atoms with van der Waals surface area (Å²) in [4.78, 5) is 0. The molecular weight excluding hydrogens is 217 g/mol. The summed E-state index contributed by atoms with van der Waals surface area (Å²) < 4.78 is 18.6. The van der Waals surface area contributed by atoms with Crippen molar-refractivity contribution in [1.29, 1.82) is 0 Å². The first kappa shape index (κ1) is 11.0. The zero-order valence-electron chi connectivity index (χ0n) is 10.1. The number of fused-ring (bicyclic) bond motifs is 2. The molecule has 2 unspecified atom stereocenters. The van der Waals surface area contributed by atoms with Gasteiger partial charge < -0.3 is 10.1 Å². The Morgan fingerprint density at radius 2 is 1.94 bits per heavy atom. The minimum atomic E-state index is -0.240. The number of nitrogens with one attached hydrogen (secondary N) is 1. The standard InChI is InChI=1S/C14H18FNO/c1-17-14-5-2-9(8-13(14)15)10-6-11-3-4-12(7-10)16-11/h2,5,8,10-12,16H,3-4,6-7H2,1H3. The molecule has 1 N–H and O–H groups in total. The predicted octanol–water partition coefficient (Wildman–Crippen LogP) is 2.83. The van der Waals surface area contributed by atoms with Gasteiger partial charge in [0, 0.05) is 12.1 Å². The summed E-state index contributed by atoms with van der Waals surface area (Å²) in [6.45, 7) is 0. The van der Waals surface area contributed by atoms with Crippen molar-refractivity contribution in [3.05, 3.63) is 29.6 Å². The van der Waals surface area contributed by atoms with Gasteiger partial charge in [-0.2, -0.15) is 0 Å². The maximum absolute atomic E-state index is 13.7. The molecule has 2 saturated heterocycles. The lowest BCUT2D eigenvalue weighted by molar-refractivity contribution is 0.359. The summed E-state index contributed by atoms with van der Waals surface area (Å²) in [5, 5.41) is 3.61. The first-order valence-corrected chi connectivity index (χ1v) is 6.35. The number of piperidine rings is 1. The van der Waals surface area contributed by atoms with E-state index in [0.717, 1.165) is 18.4 Å². The van der Waals surface area contributed by atoms with Gasteiger partial charge in [0.25, 0.3) is 0 Å². The second-order valence-corrected chi connectivity index (χ2v) is 5.20. The van der Waals surface area contributed by atoms with Crippen LogP contribution in [0.2, 0.25) is 0 Å². The molecule has 2 nitrogen and oxygen atoms in total. The molecule has 92 valence electrons. The van der Waals surface area contributed by atoms with E-state index in [1.54, 1.807) is 12.1 Å². The van der Waals surface area contributed by atoms with Gasteiger partial charge in [0.2, 0.25) is 0 Å². The summed E-state index contributed by atoms with van der Waals surface area (Å²) in [6, 6.07) is 6.69. The number of rotatable bonds is 2. The third-order valence-electron chi connectivity index (χ3n) is 4.12. The molecular formula is C14H18FNO. The highest BCUT2D eigenvalue weighted by atomic mass is 19.1. The van der Waals surface area contributed by atoms with Crippen LogP contribution < -0.4 is 10.1 Å². The van der Waals surface area contributed by atoms with E-state index in [9.17, 15) is 4.39 Å². The first-order valence-electron chi connectivity index (χ1n) is 6.35. The fraction of sp³-hybridized carbons (Fsp3) is 0.571. The highest BCUT2D eigenvalue weighted by molar-refractivity contribution is 5.32. The van der Waals surface area contributed by atoms with Crippen molar-refractivity contribution in [2.75, 3.05) is 7.11 Å². The van der Waals surface area contributed by atoms with Crippen molar-refractivity contribution >= 4 is 0 Å². The van der Waals surface area contributed by atoms with Crippen molar-refractivity contribution in [2.24, 2.45) is 0 Å². The molecule has 0 radical (unpaired) electrons. The average molecular weight is 235 g/mol. The SMILES string of the molecule is COc1ccc(C2CC3CCC(C2)N3)cc1F. The molecule has 0 amide bonds. The quantitative estimate of drug-likeness (QED) is 0.851. The van der Waals surface area contributed by atoms with Crippen LogP contribution in [0.15, 0.2) is 18.2 Å². The van der Waals surface area contributed by atoms with Crippen LogP contribution in [0.3, 0.4) is 0 Å². The molecule has 2 atom stereocenters. The number of hydrogen-bond acceptors (Lipinski definition) is 2. The number of methoxy groups -OCH3 is 1. The lowest BCUT2D eigenvalue weighted by atomic mass is 9.86. The molecule has 2 fully saturated rings. The van der Waals surface area contributed by atoms with Crippen LogP contribution in [-0.4, -0.2) is 19.2 Å².